The van der Waals surface area contributed by atoms with Crippen LogP contribution in [0.25, 0.3) is 0 Å². The average molecular weight is 421 g/mol. The Labute approximate surface area is 172 Å². The fourth-order valence-corrected chi connectivity index (χ4v) is 4.49. The number of fused-ring (bicyclic) bond motifs is 3. The molecule has 0 spiro atoms. The standard InChI is InChI=1S/C22H23F4N3O/c1-2-27-21(30)18-12-14-11-15(22(24,25)26)3-8-19(14)29-10-9-28(13-20(18)29)17-6-4-16(23)5-7-17/h3-8,11,18,20H,2,9-10,12-13H2,1H3,(H,27,30)/t18-,20-/m0/s1. The highest BCUT2D eigenvalue weighted by Gasteiger charge is 2.42. The number of benzene rings is 2. The van der Waals surface area contributed by atoms with E-state index < -0.39 is 17.7 Å². The van der Waals surface area contributed by atoms with Gasteiger partial charge in [-0.1, -0.05) is 0 Å². The van der Waals surface area contributed by atoms with Gasteiger partial charge >= 0.3 is 6.18 Å². The first-order valence-corrected chi connectivity index (χ1v) is 10.0. The van der Waals surface area contributed by atoms with E-state index in [1.54, 1.807) is 12.1 Å². The largest absolute Gasteiger partial charge is 0.416 e. The van der Waals surface area contributed by atoms with Gasteiger partial charge in [0.05, 0.1) is 17.5 Å². The van der Waals surface area contributed by atoms with E-state index in [1.807, 2.05) is 6.92 Å². The maximum absolute atomic E-state index is 13.3. The number of hydrogen-bond donors (Lipinski definition) is 1. The second kappa shape index (κ2) is 7.81. The van der Waals surface area contributed by atoms with Crippen LogP contribution in [0.1, 0.15) is 18.1 Å². The summed E-state index contributed by atoms with van der Waals surface area (Å²) in [5.41, 5.74) is 1.48. The predicted octanol–water partition coefficient (Wildman–Crippen LogP) is 3.85. The number of nitrogens with one attached hydrogen (secondary N) is 1. The number of hydrogen-bond acceptors (Lipinski definition) is 3. The molecule has 0 aromatic heterocycles. The van der Waals surface area contributed by atoms with Gasteiger partial charge in [0.15, 0.2) is 0 Å². The summed E-state index contributed by atoms with van der Waals surface area (Å²) in [7, 11) is 0. The van der Waals surface area contributed by atoms with Crippen LogP contribution in [-0.2, 0) is 17.4 Å². The molecule has 8 heteroatoms. The highest BCUT2D eigenvalue weighted by Crippen LogP contribution is 2.40. The van der Waals surface area contributed by atoms with E-state index >= 15 is 0 Å². The van der Waals surface area contributed by atoms with Crippen molar-refractivity contribution in [3.05, 3.63) is 59.4 Å². The number of amides is 1. The molecule has 4 rings (SSSR count). The van der Waals surface area contributed by atoms with Crippen LogP contribution >= 0.6 is 0 Å². The maximum atomic E-state index is 13.3. The van der Waals surface area contributed by atoms with Crippen molar-refractivity contribution < 1.29 is 22.4 Å². The van der Waals surface area contributed by atoms with Crippen LogP contribution < -0.4 is 15.1 Å². The van der Waals surface area contributed by atoms with E-state index in [2.05, 4.69) is 15.1 Å². The zero-order chi connectivity index (χ0) is 21.5. The molecule has 0 bridgehead atoms. The molecule has 1 saturated heterocycles. The number of carbonyl (C=O) groups excluding carboxylic acids is 1. The van der Waals surface area contributed by atoms with Gasteiger partial charge in [-0.2, -0.15) is 13.2 Å². The summed E-state index contributed by atoms with van der Waals surface area (Å²) >= 11 is 0. The molecule has 1 fully saturated rings. The zero-order valence-corrected chi connectivity index (χ0v) is 16.5. The summed E-state index contributed by atoms with van der Waals surface area (Å²) in [6.45, 7) is 4.01. The highest BCUT2D eigenvalue weighted by molar-refractivity contribution is 5.82. The Hall–Kier alpha value is -2.77. The van der Waals surface area contributed by atoms with Gasteiger partial charge in [-0.05, 0) is 61.4 Å². The number of alkyl halides is 3. The average Bonchev–Trinajstić information content (AvgIpc) is 2.72. The van der Waals surface area contributed by atoms with E-state index in [1.165, 1.54) is 24.3 Å². The van der Waals surface area contributed by atoms with Gasteiger partial charge < -0.3 is 15.1 Å². The number of nitrogens with zero attached hydrogens (tertiary/aromatic N) is 2. The Morgan fingerprint density at radius 3 is 2.53 bits per heavy atom. The topological polar surface area (TPSA) is 35.6 Å². The van der Waals surface area contributed by atoms with E-state index in [9.17, 15) is 22.4 Å². The van der Waals surface area contributed by atoms with Crippen molar-refractivity contribution in [2.45, 2.75) is 25.6 Å². The van der Waals surface area contributed by atoms with Crippen LogP contribution in [0.2, 0.25) is 0 Å². The lowest BCUT2D eigenvalue weighted by Gasteiger charge is -2.49. The molecule has 1 amide bonds. The third-order valence-electron chi connectivity index (χ3n) is 5.92. The number of carbonyl (C=O) groups is 1. The molecule has 0 aliphatic carbocycles. The van der Waals surface area contributed by atoms with Crippen LogP contribution in [0.5, 0.6) is 0 Å². The Bertz CT molecular complexity index is 929. The fraction of sp³-hybridized carbons (Fsp3) is 0.409. The first-order valence-electron chi connectivity index (χ1n) is 10.0. The van der Waals surface area contributed by atoms with Crippen molar-refractivity contribution in [1.29, 1.82) is 0 Å². The Kier molecular flexibility index (Phi) is 5.34. The molecule has 2 aromatic carbocycles. The molecule has 2 aromatic rings. The van der Waals surface area contributed by atoms with Crippen LogP contribution in [0.3, 0.4) is 0 Å². The normalized spacial score (nSPS) is 21.1. The lowest BCUT2D eigenvalue weighted by atomic mass is 9.82. The molecule has 2 aliphatic heterocycles. The molecule has 160 valence electrons. The van der Waals surface area contributed by atoms with Crippen LogP contribution in [-0.4, -0.2) is 38.1 Å². The predicted molar refractivity (Wildman–Crippen MR) is 107 cm³/mol. The molecule has 2 heterocycles. The molecule has 0 saturated carbocycles. The lowest BCUT2D eigenvalue weighted by molar-refractivity contribution is -0.137. The second-order valence-corrected chi connectivity index (χ2v) is 7.73. The number of rotatable bonds is 3. The molecule has 2 aliphatic rings. The minimum Gasteiger partial charge on any atom is -0.368 e. The zero-order valence-electron chi connectivity index (χ0n) is 16.5. The molecule has 30 heavy (non-hydrogen) atoms. The maximum Gasteiger partial charge on any atom is 0.416 e. The molecular formula is C22H23F4N3O. The molecule has 0 unspecified atom stereocenters. The third-order valence-corrected chi connectivity index (χ3v) is 5.92. The molecule has 4 nitrogen and oxygen atoms in total. The van der Waals surface area contributed by atoms with E-state index in [-0.39, 0.29) is 24.2 Å². The van der Waals surface area contributed by atoms with E-state index in [0.717, 1.165) is 17.4 Å². The van der Waals surface area contributed by atoms with Crippen molar-refractivity contribution in [3.63, 3.8) is 0 Å². The summed E-state index contributed by atoms with van der Waals surface area (Å²) in [6, 6.07) is 9.83. The third kappa shape index (κ3) is 3.82. The smallest absolute Gasteiger partial charge is 0.368 e. The van der Waals surface area contributed by atoms with Crippen LogP contribution in [0.4, 0.5) is 28.9 Å². The van der Waals surface area contributed by atoms with Crippen molar-refractivity contribution in [2.75, 3.05) is 36.0 Å². The van der Waals surface area contributed by atoms with E-state index in [4.69, 9.17) is 0 Å². The van der Waals surface area contributed by atoms with Gasteiger partial charge in [0.25, 0.3) is 0 Å². The Balaban J connectivity index is 1.68. The monoisotopic (exact) mass is 421 g/mol. The molecule has 1 N–H and O–H groups in total. The minimum atomic E-state index is -4.42. The lowest BCUT2D eigenvalue weighted by Crippen LogP contribution is -2.61. The first-order chi connectivity index (χ1) is 14.3. The highest BCUT2D eigenvalue weighted by atomic mass is 19.4. The minimum absolute atomic E-state index is 0.156. The number of piperazine rings is 1. The van der Waals surface area contributed by atoms with Crippen molar-refractivity contribution in [1.82, 2.24) is 5.32 Å². The summed E-state index contributed by atoms with van der Waals surface area (Å²) in [5, 5.41) is 2.83. The first kappa shape index (κ1) is 20.5. The molecule has 0 radical (unpaired) electrons. The summed E-state index contributed by atoms with van der Waals surface area (Å²) in [5.74, 6) is -0.939. The summed E-state index contributed by atoms with van der Waals surface area (Å²) < 4.78 is 52.9. The van der Waals surface area contributed by atoms with Gasteiger partial charge in [0.1, 0.15) is 5.82 Å². The van der Waals surface area contributed by atoms with Crippen molar-refractivity contribution >= 4 is 17.3 Å². The van der Waals surface area contributed by atoms with Gasteiger partial charge in [-0.15, -0.1) is 0 Å². The van der Waals surface area contributed by atoms with Crippen LogP contribution in [0, 0.1) is 11.7 Å². The quantitative estimate of drug-likeness (QED) is 0.765. The summed E-state index contributed by atoms with van der Waals surface area (Å²) in [6.07, 6.45) is -4.17. The fourth-order valence-electron chi connectivity index (χ4n) is 4.49. The Morgan fingerprint density at radius 2 is 1.87 bits per heavy atom. The molecule has 2 atom stereocenters. The number of halogens is 4. The second-order valence-electron chi connectivity index (χ2n) is 7.73. The Morgan fingerprint density at radius 1 is 1.13 bits per heavy atom. The van der Waals surface area contributed by atoms with Crippen LogP contribution in [0.15, 0.2) is 42.5 Å². The van der Waals surface area contributed by atoms with E-state index in [0.29, 0.717) is 31.7 Å². The van der Waals surface area contributed by atoms with Crippen molar-refractivity contribution in [3.8, 4) is 0 Å². The van der Waals surface area contributed by atoms with Gasteiger partial charge in [0.2, 0.25) is 5.91 Å². The SMILES string of the molecule is CCNC(=O)[C@H]1Cc2cc(C(F)(F)F)ccc2N2CCN(c3ccc(F)cc3)C[C@@H]12. The number of anilines is 2. The summed E-state index contributed by atoms with van der Waals surface area (Å²) in [4.78, 5) is 17.0. The van der Waals surface area contributed by atoms with Crippen molar-refractivity contribution in [2.24, 2.45) is 5.92 Å². The van der Waals surface area contributed by atoms with Gasteiger partial charge in [-0.25, -0.2) is 4.39 Å². The van der Waals surface area contributed by atoms with Gasteiger partial charge in [0, 0.05) is 37.6 Å². The molecular weight excluding hydrogens is 398 g/mol. The van der Waals surface area contributed by atoms with Gasteiger partial charge in [-0.3, -0.25) is 4.79 Å².